The number of hydrogen-bond acceptors (Lipinski definition) is 7. The molecule has 0 bridgehead atoms. The van der Waals surface area contributed by atoms with E-state index in [9.17, 15) is 0 Å². The van der Waals surface area contributed by atoms with Crippen molar-refractivity contribution in [2.24, 2.45) is 0 Å². The maximum absolute atomic E-state index is 8.40. The van der Waals surface area contributed by atoms with E-state index in [2.05, 4.69) is 12.1 Å². The van der Waals surface area contributed by atoms with Crippen molar-refractivity contribution in [1.29, 1.82) is 10.8 Å². The van der Waals surface area contributed by atoms with E-state index in [0.29, 0.717) is 34.3 Å². The largest absolute Gasteiger partial charge is 0.421 e. The molecule has 0 saturated carbocycles. The molecule has 7 nitrogen and oxygen atoms in total. The Bertz CT molecular complexity index is 2230. The third-order valence-corrected chi connectivity index (χ3v) is 7.90. The lowest BCUT2D eigenvalue weighted by molar-refractivity contribution is 0.538. The molecule has 7 rings (SSSR count). The van der Waals surface area contributed by atoms with Crippen LogP contribution in [0, 0.1) is 10.8 Å². The lowest BCUT2D eigenvalue weighted by atomic mass is 9.98. The minimum Gasteiger partial charge on any atom is -0.421 e. The molecule has 1 aromatic heterocycles. The summed E-state index contributed by atoms with van der Waals surface area (Å²) in [6, 6.07) is 50.5. The summed E-state index contributed by atoms with van der Waals surface area (Å²) >= 11 is 0. The Labute approximate surface area is 278 Å². The highest BCUT2D eigenvalue weighted by Gasteiger charge is 2.16. The zero-order valence-electron chi connectivity index (χ0n) is 25.8. The van der Waals surface area contributed by atoms with E-state index in [0.717, 1.165) is 38.9 Å². The van der Waals surface area contributed by atoms with Gasteiger partial charge in [-0.1, -0.05) is 115 Å². The quantitative estimate of drug-likeness (QED) is 0.0930. The van der Waals surface area contributed by atoms with Crippen molar-refractivity contribution >= 4 is 17.5 Å². The van der Waals surface area contributed by atoms with Crippen LogP contribution >= 0.6 is 0 Å². The van der Waals surface area contributed by atoms with Gasteiger partial charge in [0, 0.05) is 33.5 Å². The number of benzene rings is 6. The van der Waals surface area contributed by atoms with Crippen LogP contribution in [-0.4, -0.2) is 26.7 Å². The molecule has 0 aliphatic carbocycles. The molecule has 0 aliphatic heterocycles. The van der Waals surface area contributed by atoms with E-state index >= 15 is 0 Å². The standard InChI is InChI=1S/C41H30N6O/c42-34-24-22-28(23-25-34)35-16-7-8-17-36(35)41-46-39(31-12-5-2-6-13-31)45-40(47-41)33-15-9-14-32(26-33)27-18-20-30(21-19-27)38(44)48-37(43)29-10-3-1-4-11-29/h1-26,43-44H,42H2. The predicted octanol–water partition coefficient (Wildman–Crippen LogP) is 9.16. The lowest BCUT2D eigenvalue weighted by Gasteiger charge is -2.13. The van der Waals surface area contributed by atoms with Crippen LogP contribution in [0.5, 0.6) is 0 Å². The monoisotopic (exact) mass is 622 g/mol. The Kier molecular flexibility index (Phi) is 8.31. The van der Waals surface area contributed by atoms with Gasteiger partial charge >= 0.3 is 0 Å². The molecule has 0 fully saturated rings. The van der Waals surface area contributed by atoms with Crippen LogP contribution in [0.3, 0.4) is 0 Å². The first-order valence-corrected chi connectivity index (χ1v) is 15.4. The molecule has 1 heterocycles. The number of nitrogen functional groups attached to an aromatic ring is 1. The minimum absolute atomic E-state index is 0.0694. The van der Waals surface area contributed by atoms with Gasteiger partial charge in [0.2, 0.25) is 11.8 Å². The van der Waals surface area contributed by atoms with Crippen LogP contribution in [-0.2, 0) is 4.74 Å². The maximum atomic E-state index is 8.40. The molecule has 4 N–H and O–H groups in total. The highest BCUT2D eigenvalue weighted by Crippen LogP contribution is 2.33. The number of nitrogens with two attached hydrogens (primary N) is 1. The molecule has 0 aliphatic rings. The van der Waals surface area contributed by atoms with Gasteiger partial charge in [0.25, 0.3) is 0 Å². The molecule has 0 unspecified atom stereocenters. The fraction of sp³-hybridized carbons (Fsp3) is 0. The smallest absolute Gasteiger partial charge is 0.221 e. The van der Waals surface area contributed by atoms with Crippen molar-refractivity contribution in [2.75, 3.05) is 5.73 Å². The fourth-order valence-corrected chi connectivity index (χ4v) is 5.40. The third-order valence-electron chi connectivity index (χ3n) is 7.90. The average molecular weight is 623 g/mol. The molecule has 0 spiro atoms. The second-order valence-electron chi connectivity index (χ2n) is 11.1. The van der Waals surface area contributed by atoms with Crippen LogP contribution in [0.2, 0.25) is 0 Å². The van der Waals surface area contributed by atoms with Crippen LogP contribution < -0.4 is 5.73 Å². The molecule has 6 aromatic carbocycles. The van der Waals surface area contributed by atoms with Gasteiger partial charge in [0.1, 0.15) is 0 Å². The normalized spacial score (nSPS) is 10.8. The summed E-state index contributed by atoms with van der Waals surface area (Å²) in [5, 5.41) is 16.6. The van der Waals surface area contributed by atoms with E-state index in [4.69, 9.17) is 36.2 Å². The fourth-order valence-electron chi connectivity index (χ4n) is 5.40. The van der Waals surface area contributed by atoms with Gasteiger partial charge in [0.05, 0.1) is 0 Å². The number of nitrogens with one attached hydrogen (secondary N) is 2. The molecular formula is C41H30N6O. The van der Waals surface area contributed by atoms with Crippen molar-refractivity contribution < 1.29 is 4.74 Å². The Morgan fingerprint density at radius 3 is 1.60 bits per heavy atom. The van der Waals surface area contributed by atoms with Crippen molar-refractivity contribution in [1.82, 2.24) is 15.0 Å². The van der Waals surface area contributed by atoms with Crippen LogP contribution in [0.4, 0.5) is 5.69 Å². The van der Waals surface area contributed by atoms with Crippen LogP contribution in [0.25, 0.3) is 56.4 Å². The molecular weight excluding hydrogens is 592 g/mol. The van der Waals surface area contributed by atoms with E-state index in [1.165, 1.54) is 0 Å². The van der Waals surface area contributed by atoms with Gasteiger partial charge in [-0.05, 0) is 64.7 Å². The number of aromatic nitrogens is 3. The number of nitrogens with zero attached hydrogens (tertiary/aromatic N) is 3. The predicted molar refractivity (Wildman–Crippen MR) is 193 cm³/mol. The summed E-state index contributed by atoms with van der Waals surface area (Å²) in [5.41, 5.74) is 14.4. The van der Waals surface area contributed by atoms with Crippen molar-refractivity contribution in [3.63, 3.8) is 0 Å². The highest BCUT2D eigenvalue weighted by molar-refractivity contribution is 6.04. The molecule has 48 heavy (non-hydrogen) atoms. The van der Waals surface area contributed by atoms with Gasteiger partial charge in [0.15, 0.2) is 17.5 Å². The Balaban J connectivity index is 1.23. The lowest BCUT2D eigenvalue weighted by Crippen LogP contribution is -2.12. The van der Waals surface area contributed by atoms with E-state index < -0.39 is 0 Å². The first kappa shape index (κ1) is 30.0. The Morgan fingerprint density at radius 2 is 0.917 bits per heavy atom. The summed E-state index contributed by atoms with van der Waals surface area (Å²) in [6.07, 6.45) is 0. The van der Waals surface area contributed by atoms with Gasteiger partial charge in [-0.2, -0.15) is 0 Å². The molecule has 7 heteroatoms. The Morgan fingerprint density at radius 1 is 0.417 bits per heavy atom. The summed E-state index contributed by atoms with van der Waals surface area (Å²) in [4.78, 5) is 14.9. The summed E-state index contributed by atoms with van der Waals surface area (Å²) < 4.78 is 5.52. The zero-order chi connectivity index (χ0) is 32.9. The topological polar surface area (TPSA) is 122 Å². The second kappa shape index (κ2) is 13.3. The van der Waals surface area contributed by atoms with Crippen molar-refractivity contribution in [3.8, 4) is 56.4 Å². The minimum atomic E-state index is -0.0884. The van der Waals surface area contributed by atoms with Crippen LogP contribution in [0.15, 0.2) is 158 Å². The van der Waals surface area contributed by atoms with Gasteiger partial charge in [-0.15, -0.1) is 0 Å². The second-order valence-corrected chi connectivity index (χ2v) is 11.1. The highest BCUT2D eigenvalue weighted by atomic mass is 16.5. The maximum Gasteiger partial charge on any atom is 0.221 e. The van der Waals surface area contributed by atoms with Gasteiger partial charge in [-0.3, -0.25) is 10.8 Å². The summed E-state index contributed by atoms with van der Waals surface area (Å²) in [6.45, 7) is 0. The number of ether oxygens (including phenoxy) is 1. The SMILES string of the molecule is N=C(OC(=N)c1ccc(-c2cccc(-c3nc(-c4ccccc4)nc(-c4ccccc4-c4ccc(N)cc4)n3)c2)cc1)c1ccccc1. The zero-order valence-corrected chi connectivity index (χ0v) is 25.8. The molecule has 0 amide bonds. The first-order chi connectivity index (χ1) is 23.5. The van der Waals surface area contributed by atoms with E-state index in [1.54, 1.807) is 12.1 Å². The van der Waals surface area contributed by atoms with E-state index in [-0.39, 0.29) is 11.8 Å². The van der Waals surface area contributed by atoms with Crippen LogP contribution in [0.1, 0.15) is 11.1 Å². The third kappa shape index (κ3) is 6.47. The van der Waals surface area contributed by atoms with Crippen molar-refractivity contribution in [3.05, 3.63) is 169 Å². The average Bonchev–Trinajstić information content (AvgIpc) is 3.16. The summed E-state index contributed by atoms with van der Waals surface area (Å²) in [7, 11) is 0. The van der Waals surface area contributed by atoms with Gasteiger partial charge in [-0.25, -0.2) is 15.0 Å². The first-order valence-electron chi connectivity index (χ1n) is 15.4. The van der Waals surface area contributed by atoms with Gasteiger partial charge < -0.3 is 10.5 Å². The number of hydrogen-bond donors (Lipinski definition) is 3. The molecule has 230 valence electrons. The Hall–Kier alpha value is -6.73. The number of anilines is 1. The molecule has 0 atom stereocenters. The molecule has 7 aromatic rings. The van der Waals surface area contributed by atoms with Crippen molar-refractivity contribution in [2.45, 2.75) is 0 Å². The molecule has 0 radical (unpaired) electrons. The summed E-state index contributed by atoms with van der Waals surface area (Å²) in [5.74, 6) is 1.55. The number of rotatable bonds is 7. The molecule has 0 saturated heterocycles. The van der Waals surface area contributed by atoms with E-state index in [1.807, 2.05) is 133 Å².